The Hall–Kier alpha value is -1.75. The second kappa shape index (κ2) is 5.05. The van der Waals surface area contributed by atoms with Crippen LogP contribution in [0.25, 0.3) is 0 Å². The maximum absolute atomic E-state index is 11.6. The van der Waals surface area contributed by atoms with Gasteiger partial charge in [0.1, 0.15) is 5.78 Å². The number of Topliss-reactive ketones (excluding diaryl/α,β-unsaturated/α-hetero) is 1. The highest BCUT2D eigenvalue weighted by atomic mass is 16.6. The highest BCUT2D eigenvalue weighted by molar-refractivity contribution is 5.82. The summed E-state index contributed by atoms with van der Waals surface area (Å²) in [4.78, 5) is 22.1. The first kappa shape index (κ1) is 11.7. The zero-order chi connectivity index (χ0) is 12.3. The number of nitro groups is 1. The first-order valence-electron chi connectivity index (χ1n) is 5.51. The average Bonchev–Trinajstić information content (AvgIpc) is 2.32. The van der Waals surface area contributed by atoms with Crippen molar-refractivity contribution in [1.29, 1.82) is 0 Å². The van der Waals surface area contributed by atoms with Crippen molar-refractivity contribution in [3.05, 3.63) is 39.9 Å². The lowest BCUT2D eigenvalue weighted by Crippen LogP contribution is -2.29. The topological polar surface area (TPSA) is 69.4 Å². The van der Waals surface area contributed by atoms with Crippen molar-refractivity contribution in [1.82, 2.24) is 0 Å². The molecule has 5 nitrogen and oxygen atoms in total. The minimum absolute atomic E-state index is 0.0749. The average molecular weight is 235 g/mol. The Kier molecular flexibility index (Phi) is 3.49. The molecule has 0 N–H and O–H groups in total. The van der Waals surface area contributed by atoms with Gasteiger partial charge >= 0.3 is 0 Å². The largest absolute Gasteiger partial charge is 0.380 e. The number of ether oxygens (including phenoxy) is 1. The molecule has 0 radical (unpaired) electrons. The fourth-order valence-electron chi connectivity index (χ4n) is 2.00. The maximum Gasteiger partial charge on any atom is 0.272 e. The summed E-state index contributed by atoms with van der Waals surface area (Å²) in [5, 5.41) is 10.8. The van der Waals surface area contributed by atoms with Crippen LogP contribution in [0.1, 0.15) is 12.0 Å². The van der Waals surface area contributed by atoms with Crippen LogP contribution >= 0.6 is 0 Å². The van der Waals surface area contributed by atoms with Crippen LogP contribution < -0.4 is 0 Å². The Bertz CT molecular complexity index is 444. The Balaban J connectivity index is 2.17. The molecule has 0 spiro atoms. The molecule has 1 atom stereocenters. The van der Waals surface area contributed by atoms with Crippen molar-refractivity contribution in [3.63, 3.8) is 0 Å². The first-order chi connectivity index (χ1) is 8.18. The molecule has 0 aliphatic carbocycles. The van der Waals surface area contributed by atoms with Crippen LogP contribution in [0, 0.1) is 16.0 Å². The zero-order valence-corrected chi connectivity index (χ0v) is 9.30. The van der Waals surface area contributed by atoms with E-state index in [0.29, 0.717) is 31.6 Å². The number of benzene rings is 1. The summed E-state index contributed by atoms with van der Waals surface area (Å²) in [7, 11) is 0. The maximum atomic E-state index is 11.6. The van der Waals surface area contributed by atoms with Gasteiger partial charge in [0.2, 0.25) is 0 Å². The van der Waals surface area contributed by atoms with Gasteiger partial charge in [-0.05, 0) is 6.42 Å². The molecule has 1 aromatic carbocycles. The van der Waals surface area contributed by atoms with Gasteiger partial charge < -0.3 is 4.74 Å². The summed E-state index contributed by atoms with van der Waals surface area (Å²) in [5.74, 6) is -0.112. The number of carbonyl (C=O) groups is 1. The van der Waals surface area contributed by atoms with E-state index in [1.807, 2.05) is 0 Å². The normalized spacial score (nSPS) is 20.2. The summed E-state index contributed by atoms with van der Waals surface area (Å²) in [6, 6.07) is 6.53. The van der Waals surface area contributed by atoms with Crippen LogP contribution in [0.4, 0.5) is 5.69 Å². The number of hydrogen-bond donors (Lipinski definition) is 0. The Morgan fingerprint density at radius 2 is 2.18 bits per heavy atom. The Morgan fingerprint density at radius 1 is 1.41 bits per heavy atom. The van der Waals surface area contributed by atoms with Crippen LogP contribution in [-0.2, 0) is 16.0 Å². The van der Waals surface area contributed by atoms with Gasteiger partial charge in [0.25, 0.3) is 5.69 Å². The third-order valence-corrected chi connectivity index (χ3v) is 2.92. The molecule has 5 heteroatoms. The number of para-hydroxylation sites is 1. The van der Waals surface area contributed by atoms with E-state index in [-0.39, 0.29) is 17.4 Å². The van der Waals surface area contributed by atoms with Crippen LogP contribution in [0.5, 0.6) is 0 Å². The summed E-state index contributed by atoms with van der Waals surface area (Å²) in [5.41, 5.74) is 0.673. The molecular weight excluding hydrogens is 222 g/mol. The van der Waals surface area contributed by atoms with Gasteiger partial charge in [-0.3, -0.25) is 14.9 Å². The SMILES string of the molecule is O=C1CCOCC1Cc1ccccc1[N+](=O)[O-]. The van der Waals surface area contributed by atoms with Gasteiger partial charge in [-0.2, -0.15) is 0 Å². The van der Waals surface area contributed by atoms with E-state index in [9.17, 15) is 14.9 Å². The summed E-state index contributed by atoms with van der Waals surface area (Å²) < 4.78 is 5.23. The summed E-state index contributed by atoms with van der Waals surface area (Å²) in [6.07, 6.45) is 0.793. The molecule has 1 aliphatic rings. The van der Waals surface area contributed by atoms with E-state index in [2.05, 4.69) is 0 Å². The first-order valence-corrected chi connectivity index (χ1v) is 5.51. The van der Waals surface area contributed by atoms with E-state index in [1.54, 1.807) is 18.2 Å². The second-order valence-corrected chi connectivity index (χ2v) is 4.08. The molecule has 1 aromatic rings. The van der Waals surface area contributed by atoms with Crippen molar-refractivity contribution in [2.45, 2.75) is 12.8 Å². The number of ketones is 1. The summed E-state index contributed by atoms with van der Waals surface area (Å²) in [6.45, 7) is 0.830. The van der Waals surface area contributed by atoms with Crippen LogP contribution in [-0.4, -0.2) is 23.9 Å². The molecule has 90 valence electrons. The standard InChI is InChI=1S/C12H13NO4/c14-12-5-6-17-8-10(12)7-9-3-1-2-4-11(9)13(15)16/h1-4,10H,5-8H2. The van der Waals surface area contributed by atoms with Crippen molar-refractivity contribution in [3.8, 4) is 0 Å². The van der Waals surface area contributed by atoms with Crippen LogP contribution in [0.15, 0.2) is 24.3 Å². The highest BCUT2D eigenvalue weighted by Crippen LogP contribution is 2.23. The summed E-state index contributed by atoms with van der Waals surface area (Å²) >= 11 is 0. The van der Waals surface area contributed by atoms with Crippen LogP contribution in [0.3, 0.4) is 0 Å². The van der Waals surface area contributed by atoms with E-state index in [1.165, 1.54) is 6.07 Å². The van der Waals surface area contributed by atoms with Gasteiger partial charge in [-0.1, -0.05) is 18.2 Å². The quantitative estimate of drug-likeness (QED) is 0.591. The third kappa shape index (κ3) is 2.68. The minimum atomic E-state index is -0.413. The van der Waals surface area contributed by atoms with Gasteiger partial charge in [-0.25, -0.2) is 0 Å². The van der Waals surface area contributed by atoms with E-state index >= 15 is 0 Å². The molecule has 1 saturated heterocycles. The highest BCUT2D eigenvalue weighted by Gasteiger charge is 2.25. The van der Waals surface area contributed by atoms with Gasteiger partial charge in [-0.15, -0.1) is 0 Å². The molecule has 2 rings (SSSR count). The van der Waals surface area contributed by atoms with E-state index < -0.39 is 4.92 Å². The fourth-order valence-corrected chi connectivity index (χ4v) is 2.00. The van der Waals surface area contributed by atoms with Crippen molar-refractivity contribution >= 4 is 11.5 Å². The van der Waals surface area contributed by atoms with Crippen LogP contribution in [0.2, 0.25) is 0 Å². The fraction of sp³-hybridized carbons (Fsp3) is 0.417. The Labute approximate surface area is 98.5 Å². The third-order valence-electron chi connectivity index (χ3n) is 2.92. The Morgan fingerprint density at radius 3 is 2.88 bits per heavy atom. The number of rotatable bonds is 3. The minimum Gasteiger partial charge on any atom is -0.380 e. The predicted octanol–water partition coefficient (Wildman–Crippen LogP) is 1.74. The second-order valence-electron chi connectivity index (χ2n) is 4.08. The molecule has 0 amide bonds. The van der Waals surface area contributed by atoms with Gasteiger partial charge in [0.05, 0.1) is 18.1 Å². The van der Waals surface area contributed by atoms with Crippen molar-refractivity contribution in [2.75, 3.05) is 13.2 Å². The lowest BCUT2D eigenvalue weighted by molar-refractivity contribution is -0.385. The van der Waals surface area contributed by atoms with E-state index in [0.717, 1.165) is 0 Å². The van der Waals surface area contributed by atoms with E-state index in [4.69, 9.17) is 4.74 Å². The number of hydrogen-bond acceptors (Lipinski definition) is 4. The van der Waals surface area contributed by atoms with Gasteiger partial charge in [0, 0.05) is 24.0 Å². The van der Waals surface area contributed by atoms with Crippen molar-refractivity contribution in [2.24, 2.45) is 5.92 Å². The van der Waals surface area contributed by atoms with Crippen molar-refractivity contribution < 1.29 is 14.5 Å². The molecule has 0 aromatic heterocycles. The zero-order valence-electron chi connectivity index (χ0n) is 9.30. The monoisotopic (exact) mass is 235 g/mol. The molecular formula is C12H13NO4. The number of nitrogens with zero attached hydrogens (tertiary/aromatic N) is 1. The lowest BCUT2D eigenvalue weighted by atomic mass is 9.92. The molecule has 0 bridgehead atoms. The molecule has 1 heterocycles. The number of nitro benzene ring substituents is 1. The smallest absolute Gasteiger partial charge is 0.272 e. The molecule has 1 unspecified atom stereocenters. The lowest BCUT2D eigenvalue weighted by Gasteiger charge is -2.20. The van der Waals surface area contributed by atoms with Gasteiger partial charge in [0.15, 0.2) is 0 Å². The molecule has 17 heavy (non-hydrogen) atoms. The molecule has 0 saturated carbocycles. The molecule has 1 aliphatic heterocycles. The predicted molar refractivity (Wildman–Crippen MR) is 60.7 cm³/mol. The number of carbonyl (C=O) groups excluding carboxylic acids is 1. The molecule has 1 fully saturated rings.